The number of imidazole rings is 1. The van der Waals surface area contributed by atoms with Crippen LogP contribution in [0.2, 0.25) is 5.02 Å². The summed E-state index contributed by atoms with van der Waals surface area (Å²) in [4.78, 5) is 24.6. The first-order chi connectivity index (χ1) is 12.7. The zero-order chi connectivity index (χ0) is 20.1. The summed E-state index contributed by atoms with van der Waals surface area (Å²) in [6.07, 6.45) is 6.37. The number of hydrogen-bond donors (Lipinski definition) is 2. The summed E-state index contributed by atoms with van der Waals surface area (Å²) in [7, 11) is 0. The van der Waals surface area contributed by atoms with Gasteiger partial charge in [0.1, 0.15) is 6.04 Å². The van der Waals surface area contributed by atoms with E-state index in [0.29, 0.717) is 10.7 Å². The van der Waals surface area contributed by atoms with E-state index in [0.717, 1.165) is 14.7 Å². The van der Waals surface area contributed by atoms with E-state index in [1.165, 1.54) is 6.20 Å². The van der Waals surface area contributed by atoms with Gasteiger partial charge in [-0.3, -0.25) is 4.57 Å². The van der Waals surface area contributed by atoms with Crippen molar-refractivity contribution in [2.75, 3.05) is 5.32 Å². The van der Waals surface area contributed by atoms with Gasteiger partial charge in [0, 0.05) is 0 Å². The molecular formula is C19H22ClN3O4. The fourth-order valence-corrected chi connectivity index (χ4v) is 2.76. The minimum absolute atomic E-state index is 0.00936. The first-order valence-electron chi connectivity index (χ1n) is 8.36. The van der Waals surface area contributed by atoms with Gasteiger partial charge in [0.25, 0.3) is 0 Å². The van der Waals surface area contributed by atoms with E-state index in [9.17, 15) is 14.7 Å². The lowest BCUT2D eigenvalue weighted by Crippen LogP contribution is -2.37. The molecule has 2 aromatic rings. The number of aryl methyl sites for hydroxylation is 1. The van der Waals surface area contributed by atoms with E-state index in [4.69, 9.17) is 22.8 Å². The lowest BCUT2D eigenvalue weighted by molar-refractivity contribution is -0.149. The van der Waals surface area contributed by atoms with Gasteiger partial charge in [-0.15, -0.1) is 6.42 Å². The number of terminal acetylenes is 1. The summed E-state index contributed by atoms with van der Waals surface area (Å²) in [5.74, 6) is 1.30. The summed E-state index contributed by atoms with van der Waals surface area (Å²) in [5.41, 5.74) is 1.05. The molecule has 7 nitrogen and oxygen atoms in total. The molecule has 1 aromatic heterocycles. The van der Waals surface area contributed by atoms with Crippen LogP contribution in [-0.2, 0) is 22.8 Å². The number of carbonyl (C=O) groups excluding carboxylic acids is 1. The van der Waals surface area contributed by atoms with E-state index < -0.39 is 24.4 Å². The Labute approximate surface area is 162 Å². The van der Waals surface area contributed by atoms with Gasteiger partial charge in [-0.05, 0) is 30.5 Å². The number of esters is 1. The van der Waals surface area contributed by atoms with Crippen LogP contribution >= 0.6 is 11.6 Å². The van der Waals surface area contributed by atoms with Crippen LogP contribution < -0.4 is 11.0 Å². The molecule has 0 aliphatic rings. The molecule has 0 amide bonds. The van der Waals surface area contributed by atoms with E-state index >= 15 is 0 Å². The number of nitrogens with one attached hydrogen (secondary N) is 1. The van der Waals surface area contributed by atoms with Crippen molar-refractivity contribution in [1.29, 1.82) is 0 Å². The fourth-order valence-electron chi connectivity index (χ4n) is 2.47. The highest BCUT2D eigenvalue weighted by Crippen LogP contribution is 2.25. The van der Waals surface area contributed by atoms with Crippen LogP contribution in [0.25, 0.3) is 0 Å². The second-order valence-corrected chi connectivity index (χ2v) is 6.88. The average molecular weight is 392 g/mol. The minimum atomic E-state index is -0.684. The molecule has 8 heteroatoms. The molecule has 0 aliphatic heterocycles. The second kappa shape index (κ2) is 8.69. The number of aromatic nitrogens is 2. The minimum Gasteiger partial charge on any atom is -0.493 e. The quantitative estimate of drug-likeness (QED) is 0.559. The van der Waals surface area contributed by atoms with Gasteiger partial charge < -0.3 is 15.2 Å². The molecule has 0 aliphatic carbocycles. The second-order valence-electron chi connectivity index (χ2n) is 6.47. The molecule has 1 atom stereocenters. The third-order valence-corrected chi connectivity index (χ3v) is 4.29. The Morgan fingerprint density at radius 3 is 2.74 bits per heavy atom. The maximum Gasteiger partial charge on any atom is 0.334 e. The normalized spacial score (nSPS) is 11.9. The molecule has 1 unspecified atom stereocenters. The van der Waals surface area contributed by atoms with Crippen LogP contribution in [0, 0.1) is 25.2 Å². The maximum atomic E-state index is 12.5. The zero-order valence-corrected chi connectivity index (χ0v) is 16.2. The van der Waals surface area contributed by atoms with Crippen LogP contribution in [0.3, 0.4) is 0 Å². The topological polar surface area (TPSA) is 85.5 Å². The molecule has 27 heavy (non-hydrogen) atoms. The molecule has 0 radical (unpaired) electrons. The predicted molar refractivity (Wildman–Crippen MR) is 104 cm³/mol. The summed E-state index contributed by atoms with van der Waals surface area (Å²) in [6.45, 7) is 5.21. The number of anilines is 1. The standard InChI is InChI=1S/C19H22ClN3O4/c1-5-8-22-10-16(24)23(19(22)26)11-27-18(25)17(12(2)3)21-15-7-6-13(4)9-14(15)20/h1,6-7,9-10,12,17,21,24H,8,11H2,2-4H3. The van der Waals surface area contributed by atoms with Crippen molar-refractivity contribution < 1.29 is 14.6 Å². The van der Waals surface area contributed by atoms with Gasteiger partial charge in [-0.1, -0.05) is 37.4 Å². The molecule has 2 N–H and O–H groups in total. The Balaban J connectivity index is 2.12. The number of nitrogens with zero attached hydrogens (tertiary/aromatic N) is 2. The van der Waals surface area contributed by atoms with Gasteiger partial charge in [-0.2, -0.15) is 0 Å². The molecule has 0 saturated heterocycles. The Morgan fingerprint density at radius 1 is 1.44 bits per heavy atom. The highest BCUT2D eigenvalue weighted by molar-refractivity contribution is 6.33. The van der Waals surface area contributed by atoms with E-state index in [-0.39, 0.29) is 18.3 Å². The monoisotopic (exact) mass is 391 g/mol. The van der Waals surface area contributed by atoms with Crippen molar-refractivity contribution in [2.24, 2.45) is 5.92 Å². The Morgan fingerprint density at radius 2 is 2.15 bits per heavy atom. The molecule has 0 fully saturated rings. The number of halogens is 1. The third kappa shape index (κ3) is 4.86. The molecule has 1 heterocycles. The van der Waals surface area contributed by atoms with Crippen molar-refractivity contribution in [3.63, 3.8) is 0 Å². The molecule has 0 saturated carbocycles. The summed E-state index contributed by atoms with van der Waals surface area (Å²) in [5, 5.41) is 13.4. The van der Waals surface area contributed by atoms with Gasteiger partial charge in [0.15, 0.2) is 6.73 Å². The zero-order valence-electron chi connectivity index (χ0n) is 15.4. The van der Waals surface area contributed by atoms with Crippen molar-refractivity contribution in [3.8, 4) is 18.2 Å². The van der Waals surface area contributed by atoms with Gasteiger partial charge in [0.05, 0.1) is 23.5 Å². The molecule has 144 valence electrons. The number of carbonyl (C=O) groups is 1. The Hall–Kier alpha value is -2.85. The van der Waals surface area contributed by atoms with Crippen molar-refractivity contribution in [2.45, 2.75) is 40.1 Å². The van der Waals surface area contributed by atoms with E-state index in [1.54, 1.807) is 12.1 Å². The van der Waals surface area contributed by atoms with Crippen molar-refractivity contribution in [1.82, 2.24) is 9.13 Å². The summed E-state index contributed by atoms with van der Waals surface area (Å²) < 4.78 is 7.30. The van der Waals surface area contributed by atoms with Crippen LogP contribution in [0.15, 0.2) is 29.2 Å². The molecule has 0 bridgehead atoms. The highest BCUT2D eigenvalue weighted by Gasteiger charge is 2.25. The largest absolute Gasteiger partial charge is 0.493 e. The first kappa shape index (κ1) is 20.5. The SMILES string of the molecule is C#CCn1cc(O)n(COC(=O)C(Nc2ccc(C)cc2Cl)C(C)C)c1=O. The van der Waals surface area contributed by atoms with Crippen LogP contribution in [0.1, 0.15) is 19.4 Å². The molecule has 2 rings (SSSR count). The summed E-state index contributed by atoms with van der Waals surface area (Å²) >= 11 is 6.22. The average Bonchev–Trinajstić information content (AvgIpc) is 2.85. The highest BCUT2D eigenvalue weighted by atomic mass is 35.5. The smallest absolute Gasteiger partial charge is 0.334 e. The van der Waals surface area contributed by atoms with Gasteiger partial charge in [0.2, 0.25) is 5.88 Å². The Bertz CT molecular complexity index is 924. The molecule has 0 spiro atoms. The van der Waals surface area contributed by atoms with Crippen LogP contribution in [0.4, 0.5) is 5.69 Å². The summed E-state index contributed by atoms with van der Waals surface area (Å²) in [6, 6.07) is 4.77. The molecular weight excluding hydrogens is 370 g/mol. The number of hydrogen-bond acceptors (Lipinski definition) is 5. The van der Waals surface area contributed by atoms with E-state index in [1.807, 2.05) is 26.8 Å². The third-order valence-electron chi connectivity index (χ3n) is 3.98. The lowest BCUT2D eigenvalue weighted by atomic mass is 10.0. The van der Waals surface area contributed by atoms with Crippen LogP contribution in [-0.4, -0.2) is 26.3 Å². The number of rotatable bonds is 7. The fraction of sp³-hybridized carbons (Fsp3) is 0.368. The van der Waals surface area contributed by atoms with Crippen molar-refractivity contribution >= 4 is 23.3 Å². The first-order valence-corrected chi connectivity index (χ1v) is 8.74. The van der Waals surface area contributed by atoms with Crippen molar-refractivity contribution in [3.05, 3.63) is 45.5 Å². The van der Waals surface area contributed by atoms with E-state index in [2.05, 4.69) is 11.2 Å². The van der Waals surface area contributed by atoms with Crippen LogP contribution in [0.5, 0.6) is 5.88 Å². The molecule has 1 aromatic carbocycles. The number of ether oxygens (including phenoxy) is 1. The Kier molecular flexibility index (Phi) is 6.59. The number of benzene rings is 1. The van der Waals surface area contributed by atoms with Gasteiger partial charge in [-0.25, -0.2) is 14.2 Å². The maximum absolute atomic E-state index is 12.5. The predicted octanol–water partition coefficient (Wildman–Crippen LogP) is 2.59. The lowest BCUT2D eigenvalue weighted by Gasteiger charge is -2.22. The van der Waals surface area contributed by atoms with Gasteiger partial charge >= 0.3 is 11.7 Å². The number of aromatic hydroxyl groups is 1.